The van der Waals surface area contributed by atoms with Crippen molar-refractivity contribution in [2.75, 3.05) is 6.54 Å². The molecule has 0 bridgehead atoms. The highest BCUT2D eigenvalue weighted by Crippen LogP contribution is 2.31. The second-order valence-electron chi connectivity index (χ2n) is 4.22. The average Bonchev–Trinajstić information content (AvgIpc) is 3.08. The number of hydrogen-bond donors (Lipinski definition) is 1. The zero-order valence-corrected chi connectivity index (χ0v) is 9.33. The van der Waals surface area contributed by atoms with Crippen LogP contribution in [-0.2, 0) is 0 Å². The summed E-state index contributed by atoms with van der Waals surface area (Å²) in [5.41, 5.74) is -0.342. The van der Waals surface area contributed by atoms with Crippen LogP contribution >= 0.6 is 0 Å². The molecule has 0 radical (unpaired) electrons. The van der Waals surface area contributed by atoms with Gasteiger partial charge in [-0.15, -0.1) is 0 Å². The van der Waals surface area contributed by atoms with Gasteiger partial charge in [-0.05, 0) is 18.9 Å². The molecular formula is C11H11F3N2O2. The van der Waals surface area contributed by atoms with E-state index in [4.69, 9.17) is 0 Å². The number of nitrogens with one attached hydrogen (secondary N) is 1. The second-order valence-corrected chi connectivity index (χ2v) is 4.22. The highest BCUT2D eigenvalue weighted by Gasteiger charge is 2.40. The molecule has 4 nitrogen and oxygen atoms in total. The van der Waals surface area contributed by atoms with Crippen LogP contribution in [0.15, 0.2) is 23.1 Å². The van der Waals surface area contributed by atoms with Crippen molar-refractivity contribution in [3.63, 3.8) is 0 Å². The van der Waals surface area contributed by atoms with Crippen molar-refractivity contribution in [2.24, 2.45) is 0 Å². The summed E-state index contributed by atoms with van der Waals surface area (Å²) < 4.78 is 37.1. The lowest BCUT2D eigenvalue weighted by atomic mass is 10.2. The third kappa shape index (κ3) is 3.12. The van der Waals surface area contributed by atoms with E-state index in [0.29, 0.717) is 12.8 Å². The number of carbonyl (C=O) groups excluding carboxylic acids is 1. The van der Waals surface area contributed by atoms with Gasteiger partial charge < -0.3 is 9.88 Å². The number of amides is 1. The molecule has 1 fully saturated rings. The quantitative estimate of drug-likeness (QED) is 0.896. The molecule has 0 aromatic carbocycles. The normalized spacial score (nSPS) is 15.5. The Hall–Kier alpha value is -1.79. The summed E-state index contributed by atoms with van der Waals surface area (Å²) in [5.74, 6) is -0.703. The van der Waals surface area contributed by atoms with Gasteiger partial charge in [0.15, 0.2) is 0 Å². The van der Waals surface area contributed by atoms with Crippen LogP contribution in [0.25, 0.3) is 0 Å². The molecule has 1 aromatic rings. The van der Waals surface area contributed by atoms with Crippen LogP contribution < -0.4 is 5.56 Å². The topological polar surface area (TPSA) is 53.2 Å². The zero-order chi connectivity index (χ0) is 13.3. The summed E-state index contributed by atoms with van der Waals surface area (Å²) in [6, 6.07) is 2.00. The molecule has 0 aliphatic heterocycles. The molecule has 1 aliphatic carbocycles. The lowest BCUT2D eigenvalue weighted by Gasteiger charge is -2.23. The van der Waals surface area contributed by atoms with Crippen molar-refractivity contribution in [3.05, 3.63) is 34.2 Å². The molecular weight excluding hydrogens is 249 g/mol. The summed E-state index contributed by atoms with van der Waals surface area (Å²) in [6.07, 6.45) is -2.10. The van der Waals surface area contributed by atoms with Gasteiger partial charge in [0, 0.05) is 18.3 Å². The first kappa shape index (κ1) is 12.7. The first-order chi connectivity index (χ1) is 8.37. The number of rotatable bonds is 3. The van der Waals surface area contributed by atoms with E-state index < -0.39 is 24.2 Å². The Morgan fingerprint density at radius 2 is 2.06 bits per heavy atom. The Morgan fingerprint density at radius 1 is 1.39 bits per heavy atom. The molecule has 98 valence electrons. The summed E-state index contributed by atoms with van der Waals surface area (Å²) in [6.45, 7) is -1.25. The highest BCUT2D eigenvalue weighted by molar-refractivity contribution is 5.94. The van der Waals surface area contributed by atoms with Gasteiger partial charge in [0.25, 0.3) is 5.91 Å². The Kier molecular flexibility index (Phi) is 3.14. The van der Waals surface area contributed by atoms with Crippen LogP contribution in [0.4, 0.5) is 13.2 Å². The number of alkyl halides is 3. The summed E-state index contributed by atoms with van der Waals surface area (Å²) in [4.78, 5) is 25.8. The van der Waals surface area contributed by atoms with E-state index in [1.165, 1.54) is 6.07 Å². The fourth-order valence-electron chi connectivity index (χ4n) is 1.66. The Bertz CT molecular complexity index is 485. The smallest absolute Gasteiger partial charge is 0.328 e. The maximum absolute atomic E-state index is 12.4. The lowest BCUT2D eigenvalue weighted by Crippen LogP contribution is -2.40. The lowest BCUT2D eigenvalue weighted by molar-refractivity contribution is -0.141. The number of halogens is 3. The van der Waals surface area contributed by atoms with Gasteiger partial charge in [-0.3, -0.25) is 9.59 Å². The van der Waals surface area contributed by atoms with Crippen LogP contribution in [0.3, 0.4) is 0 Å². The fraction of sp³-hybridized carbons (Fsp3) is 0.455. The van der Waals surface area contributed by atoms with Crippen molar-refractivity contribution < 1.29 is 18.0 Å². The van der Waals surface area contributed by atoms with Crippen LogP contribution in [0.2, 0.25) is 0 Å². The fourth-order valence-corrected chi connectivity index (χ4v) is 1.66. The van der Waals surface area contributed by atoms with E-state index in [-0.39, 0.29) is 11.6 Å². The molecule has 0 saturated heterocycles. The Balaban J connectivity index is 2.18. The number of H-pyrrole nitrogens is 1. The van der Waals surface area contributed by atoms with Crippen molar-refractivity contribution in [1.29, 1.82) is 0 Å². The van der Waals surface area contributed by atoms with Gasteiger partial charge in [-0.1, -0.05) is 0 Å². The number of carbonyl (C=O) groups is 1. The minimum absolute atomic E-state index is 0.0609. The van der Waals surface area contributed by atoms with Gasteiger partial charge in [0.1, 0.15) is 6.54 Å². The largest absolute Gasteiger partial charge is 0.406 e. The van der Waals surface area contributed by atoms with E-state index in [0.717, 1.165) is 17.2 Å². The number of aromatic amines is 1. The van der Waals surface area contributed by atoms with Gasteiger partial charge in [-0.2, -0.15) is 13.2 Å². The molecule has 0 spiro atoms. The van der Waals surface area contributed by atoms with Gasteiger partial charge >= 0.3 is 6.18 Å². The van der Waals surface area contributed by atoms with Crippen LogP contribution in [0.1, 0.15) is 23.2 Å². The molecule has 2 rings (SSSR count). The monoisotopic (exact) mass is 260 g/mol. The van der Waals surface area contributed by atoms with E-state index >= 15 is 0 Å². The number of aromatic nitrogens is 1. The van der Waals surface area contributed by atoms with Crippen molar-refractivity contribution in [1.82, 2.24) is 9.88 Å². The molecule has 0 unspecified atom stereocenters. The highest BCUT2D eigenvalue weighted by atomic mass is 19.4. The number of pyridine rings is 1. The van der Waals surface area contributed by atoms with E-state index in [2.05, 4.69) is 4.98 Å². The molecule has 1 aliphatic rings. The molecule has 1 N–H and O–H groups in total. The predicted octanol–water partition coefficient (Wildman–Crippen LogP) is 1.54. The zero-order valence-electron chi connectivity index (χ0n) is 9.33. The predicted molar refractivity (Wildman–Crippen MR) is 57.2 cm³/mol. The first-order valence-electron chi connectivity index (χ1n) is 5.43. The molecule has 1 aromatic heterocycles. The third-order valence-corrected chi connectivity index (χ3v) is 2.63. The van der Waals surface area contributed by atoms with E-state index in [1.54, 1.807) is 0 Å². The minimum Gasteiger partial charge on any atom is -0.328 e. The maximum atomic E-state index is 12.4. The molecule has 1 heterocycles. The molecule has 7 heteroatoms. The van der Waals surface area contributed by atoms with Crippen LogP contribution in [-0.4, -0.2) is 34.6 Å². The Morgan fingerprint density at radius 3 is 2.50 bits per heavy atom. The average molecular weight is 260 g/mol. The molecule has 18 heavy (non-hydrogen) atoms. The van der Waals surface area contributed by atoms with E-state index in [9.17, 15) is 22.8 Å². The van der Waals surface area contributed by atoms with Crippen LogP contribution in [0.5, 0.6) is 0 Å². The first-order valence-corrected chi connectivity index (χ1v) is 5.43. The van der Waals surface area contributed by atoms with Crippen LogP contribution in [0, 0.1) is 0 Å². The summed E-state index contributed by atoms with van der Waals surface area (Å²) in [7, 11) is 0. The van der Waals surface area contributed by atoms with E-state index in [1.807, 2.05) is 0 Å². The van der Waals surface area contributed by atoms with Crippen molar-refractivity contribution >= 4 is 5.91 Å². The van der Waals surface area contributed by atoms with Gasteiger partial charge in [0.2, 0.25) is 5.56 Å². The summed E-state index contributed by atoms with van der Waals surface area (Å²) in [5, 5.41) is 0. The molecule has 1 saturated carbocycles. The number of hydrogen-bond acceptors (Lipinski definition) is 2. The maximum Gasteiger partial charge on any atom is 0.406 e. The van der Waals surface area contributed by atoms with Gasteiger partial charge in [0.05, 0.1) is 5.56 Å². The van der Waals surface area contributed by atoms with Crippen molar-refractivity contribution in [3.8, 4) is 0 Å². The molecule has 0 atom stereocenters. The van der Waals surface area contributed by atoms with Crippen molar-refractivity contribution in [2.45, 2.75) is 25.1 Å². The minimum atomic E-state index is -4.42. The molecule has 1 amide bonds. The third-order valence-electron chi connectivity index (χ3n) is 2.63. The second kappa shape index (κ2) is 4.47. The summed E-state index contributed by atoms with van der Waals surface area (Å²) >= 11 is 0. The van der Waals surface area contributed by atoms with Gasteiger partial charge in [-0.25, -0.2) is 0 Å². The standard InChI is InChI=1S/C11H11F3N2O2/c12-11(13,14)6-16(8-2-3-8)10(18)7-1-4-9(17)15-5-7/h1,4-5,8H,2-3,6H2,(H,15,17). The number of nitrogens with zero attached hydrogens (tertiary/aromatic N) is 1. The Labute approximate surface area is 100 Å². The SMILES string of the molecule is O=C(c1ccc(=O)[nH]c1)N(CC(F)(F)F)C1CC1.